The van der Waals surface area contributed by atoms with E-state index in [0.29, 0.717) is 11.6 Å². The van der Waals surface area contributed by atoms with Crippen LogP contribution < -0.4 is 0 Å². The second kappa shape index (κ2) is 3.10. The number of aliphatic imine (C=N–C) groups is 2. The van der Waals surface area contributed by atoms with Gasteiger partial charge in [-0.05, 0) is 18.2 Å². The maximum absolute atomic E-state index is 10.6. The summed E-state index contributed by atoms with van der Waals surface area (Å²) in [5, 5.41) is 8.70. The fraction of sp³-hybridized carbons (Fsp3) is 0.222. The normalized spacial score (nSPS) is 23.5. The largest absolute Gasteiger partial charge is 0.481 e. The van der Waals surface area contributed by atoms with Gasteiger partial charge in [0.2, 0.25) is 5.90 Å². The van der Waals surface area contributed by atoms with Gasteiger partial charge < -0.3 is 9.84 Å². The Hall–Kier alpha value is -1.91. The Kier molecular flexibility index (Phi) is 1.92. The van der Waals surface area contributed by atoms with Crippen LogP contribution in [0.3, 0.4) is 0 Å². The molecule has 0 aromatic rings. The lowest BCUT2D eigenvalue weighted by atomic mass is 10.2. The van der Waals surface area contributed by atoms with Crippen LogP contribution in [0.25, 0.3) is 0 Å². The molecule has 0 saturated heterocycles. The van der Waals surface area contributed by atoms with E-state index in [-0.39, 0.29) is 11.8 Å². The predicted octanol–water partition coefficient (Wildman–Crippen LogP) is 0.393. The molecule has 14 heavy (non-hydrogen) atoms. The number of carbonyl (C=O) groups is 1. The molecule has 2 heterocycles. The van der Waals surface area contributed by atoms with Crippen LogP contribution >= 0.6 is 0 Å². The molecule has 1 atom stereocenters. The number of dihydropyridines is 1. The fourth-order valence-corrected chi connectivity index (χ4v) is 1.29. The molecule has 0 unspecified atom stereocenters. The average molecular weight is 192 g/mol. The van der Waals surface area contributed by atoms with Crippen molar-refractivity contribution in [1.29, 1.82) is 0 Å². The highest BCUT2D eigenvalue weighted by molar-refractivity contribution is 6.41. The van der Waals surface area contributed by atoms with Crippen LogP contribution in [0.2, 0.25) is 0 Å². The Morgan fingerprint density at radius 1 is 1.64 bits per heavy atom. The third-order valence-electron chi connectivity index (χ3n) is 1.95. The topological polar surface area (TPSA) is 71.2 Å². The molecule has 0 spiro atoms. The molecule has 72 valence electrons. The number of carboxylic acid groups (broad SMARTS) is 1. The first-order valence-electron chi connectivity index (χ1n) is 4.04. The van der Waals surface area contributed by atoms with Gasteiger partial charge in [-0.1, -0.05) is 0 Å². The minimum Gasteiger partial charge on any atom is -0.481 e. The third-order valence-corrected chi connectivity index (χ3v) is 1.95. The van der Waals surface area contributed by atoms with E-state index in [4.69, 9.17) is 9.84 Å². The van der Waals surface area contributed by atoms with Gasteiger partial charge >= 0.3 is 5.97 Å². The van der Waals surface area contributed by atoms with Gasteiger partial charge in [0.1, 0.15) is 11.8 Å². The Labute approximate surface area is 80.1 Å². The maximum Gasteiger partial charge on any atom is 0.354 e. The van der Waals surface area contributed by atoms with Crippen molar-refractivity contribution in [2.45, 2.75) is 6.04 Å². The van der Waals surface area contributed by atoms with Crippen molar-refractivity contribution in [3.05, 3.63) is 23.9 Å². The molecule has 0 aromatic heterocycles. The fourth-order valence-electron chi connectivity index (χ4n) is 1.29. The van der Waals surface area contributed by atoms with Crippen molar-refractivity contribution in [3.63, 3.8) is 0 Å². The summed E-state index contributed by atoms with van der Waals surface area (Å²) in [6.45, 7) is 0. The Morgan fingerprint density at radius 2 is 2.43 bits per heavy atom. The van der Waals surface area contributed by atoms with Crippen molar-refractivity contribution < 1.29 is 14.6 Å². The molecule has 5 nitrogen and oxygen atoms in total. The Bertz CT molecular complexity index is 404. The van der Waals surface area contributed by atoms with E-state index >= 15 is 0 Å². The number of rotatable bonds is 1. The van der Waals surface area contributed by atoms with Crippen LogP contribution in [0.1, 0.15) is 0 Å². The first-order chi connectivity index (χ1) is 6.70. The molecule has 2 aliphatic rings. The second-order valence-corrected chi connectivity index (χ2v) is 2.85. The number of nitrogens with zero attached hydrogens (tertiary/aromatic N) is 2. The molecular formula is C9H8N2O3. The van der Waals surface area contributed by atoms with E-state index in [2.05, 4.69) is 9.98 Å². The van der Waals surface area contributed by atoms with E-state index in [1.807, 2.05) is 0 Å². The van der Waals surface area contributed by atoms with Crippen LogP contribution in [-0.2, 0) is 9.53 Å². The number of methoxy groups -OCH3 is 1. The van der Waals surface area contributed by atoms with Crippen molar-refractivity contribution in [2.75, 3.05) is 7.11 Å². The molecule has 0 amide bonds. The lowest BCUT2D eigenvalue weighted by Crippen LogP contribution is -2.10. The third kappa shape index (κ3) is 1.32. The zero-order chi connectivity index (χ0) is 10.1. The van der Waals surface area contributed by atoms with E-state index in [0.717, 1.165) is 0 Å². The Morgan fingerprint density at radius 3 is 3.07 bits per heavy atom. The standard InChI is InChI=1S/C9H8N2O3/c1-14-8-3-2-5-6(11-8)4-7(10-5)9(12)13/h2-5H,1H3,(H,12,13)/t5-/m1/s1. The number of fused-ring (bicyclic) bond motifs is 1. The summed E-state index contributed by atoms with van der Waals surface area (Å²) in [5.74, 6) is -0.566. The summed E-state index contributed by atoms with van der Waals surface area (Å²) in [7, 11) is 1.51. The SMILES string of the molecule is COC1=NC2=CC(C(=O)O)=N[C@@H]2C=C1. The molecule has 0 aromatic carbocycles. The summed E-state index contributed by atoms with van der Waals surface area (Å²) < 4.78 is 4.92. The van der Waals surface area contributed by atoms with Gasteiger partial charge in [-0.3, -0.25) is 4.99 Å². The molecule has 0 bridgehead atoms. The van der Waals surface area contributed by atoms with Crippen molar-refractivity contribution in [1.82, 2.24) is 0 Å². The van der Waals surface area contributed by atoms with Gasteiger partial charge in [-0.25, -0.2) is 9.79 Å². The zero-order valence-corrected chi connectivity index (χ0v) is 7.47. The van der Waals surface area contributed by atoms with Gasteiger partial charge in [0.25, 0.3) is 0 Å². The lowest BCUT2D eigenvalue weighted by Gasteiger charge is -2.09. The number of ether oxygens (including phenoxy) is 1. The predicted molar refractivity (Wildman–Crippen MR) is 50.5 cm³/mol. The number of carboxylic acids is 1. The first-order valence-corrected chi connectivity index (χ1v) is 4.04. The van der Waals surface area contributed by atoms with E-state index in [1.165, 1.54) is 13.2 Å². The minimum atomic E-state index is -1.03. The molecule has 2 rings (SSSR count). The molecule has 2 aliphatic heterocycles. The van der Waals surface area contributed by atoms with Gasteiger partial charge in [-0.15, -0.1) is 0 Å². The smallest absolute Gasteiger partial charge is 0.354 e. The van der Waals surface area contributed by atoms with Crippen LogP contribution in [-0.4, -0.2) is 35.8 Å². The molecule has 0 fully saturated rings. The molecule has 0 radical (unpaired) electrons. The van der Waals surface area contributed by atoms with Crippen LogP contribution in [0, 0.1) is 0 Å². The maximum atomic E-state index is 10.6. The minimum absolute atomic E-state index is 0.0377. The molecule has 1 N–H and O–H groups in total. The monoisotopic (exact) mass is 192 g/mol. The van der Waals surface area contributed by atoms with E-state index in [1.54, 1.807) is 12.2 Å². The molecule has 5 heteroatoms. The van der Waals surface area contributed by atoms with Gasteiger partial charge in [0.15, 0.2) is 0 Å². The molecule has 0 saturated carbocycles. The zero-order valence-electron chi connectivity index (χ0n) is 7.47. The first kappa shape index (κ1) is 8.68. The number of aliphatic carboxylic acids is 1. The summed E-state index contributed by atoms with van der Waals surface area (Å²) in [5.41, 5.74) is 0.650. The average Bonchev–Trinajstić information content (AvgIpc) is 2.59. The van der Waals surface area contributed by atoms with Crippen molar-refractivity contribution in [3.8, 4) is 0 Å². The van der Waals surface area contributed by atoms with E-state index in [9.17, 15) is 4.79 Å². The van der Waals surface area contributed by atoms with E-state index < -0.39 is 5.97 Å². The molecular weight excluding hydrogens is 184 g/mol. The number of hydrogen-bond acceptors (Lipinski definition) is 4. The highest BCUT2D eigenvalue weighted by Crippen LogP contribution is 2.21. The quantitative estimate of drug-likeness (QED) is 0.653. The van der Waals surface area contributed by atoms with Gasteiger partial charge in [0.05, 0.1) is 12.8 Å². The summed E-state index contributed by atoms with van der Waals surface area (Å²) in [6, 6.07) is -0.264. The highest BCUT2D eigenvalue weighted by Gasteiger charge is 2.24. The molecule has 0 aliphatic carbocycles. The number of hydrogen-bond donors (Lipinski definition) is 1. The Balaban J connectivity index is 2.31. The van der Waals surface area contributed by atoms with Crippen LogP contribution in [0.4, 0.5) is 0 Å². The van der Waals surface area contributed by atoms with Crippen LogP contribution in [0.15, 0.2) is 33.9 Å². The van der Waals surface area contributed by atoms with Crippen LogP contribution in [0.5, 0.6) is 0 Å². The highest BCUT2D eigenvalue weighted by atomic mass is 16.5. The summed E-state index contributed by atoms with van der Waals surface area (Å²) >= 11 is 0. The summed E-state index contributed by atoms with van der Waals surface area (Å²) in [4.78, 5) is 18.7. The van der Waals surface area contributed by atoms with Gasteiger partial charge in [-0.2, -0.15) is 0 Å². The van der Waals surface area contributed by atoms with Gasteiger partial charge in [0, 0.05) is 0 Å². The second-order valence-electron chi connectivity index (χ2n) is 2.85. The van der Waals surface area contributed by atoms with Crippen molar-refractivity contribution in [2.24, 2.45) is 9.98 Å². The van der Waals surface area contributed by atoms with Crippen molar-refractivity contribution >= 4 is 17.6 Å². The lowest BCUT2D eigenvalue weighted by molar-refractivity contribution is -0.129. The summed E-state index contributed by atoms with van der Waals surface area (Å²) in [6.07, 6.45) is 4.89.